The molecule has 0 saturated carbocycles. The van der Waals surface area contributed by atoms with Gasteiger partial charge in [-0.05, 0) is 17.0 Å². The predicted octanol–water partition coefficient (Wildman–Crippen LogP) is 16.7. The Balaban J connectivity index is 1.09. The van der Waals surface area contributed by atoms with Crippen LogP contribution in [0.2, 0.25) is 0 Å². The van der Waals surface area contributed by atoms with Crippen molar-refractivity contribution in [3.8, 4) is 56.6 Å². The molecule has 4 aromatic heterocycles. The summed E-state index contributed by atoms with van der Waals surface area (Å²) in [6.45, 7) is 14.8. The zero-order valence-electron chi connectivity index (χ0n) is 49.3. The van der Waals surface area contributed by atoms with Crippen molar-refractivity contribution in [2.45, 2.75) is 26.2 Å². The summed E-state index contributed by atoms with van der Waals surface area (Å²) in [5.74, 6) is 1.25. The number of para-hydroxylation sites is 5. The number of nitrogens with zero attached hydrogens (tertiary/aromatic N) is 6. The maximum absolute atomic E-state index is 9.56. The van der Waals surface area contributed by atoms with E-state index < -0.39 is 60.4 Å². The first-order valence-electron chi connectivity index (χ1n) is 28.4. The van der Waals surface area contributed by atoms with E-state index in [-0.39, 0.29) is 44.8 Å². The Kier molecular flexibility index (Phi) is 8.26. The Morgan fingerprint density at radius 2 is 1.11 bits per heavy atom. The Labute approximate surface area is 447 Å². The zero-order chi connectivity index (χ0) is 58.1. The Hall–Kier alpha value is -8.82. The average Bonchev–Trinajstić information content (AvgIpc) is 3.16. The van der Waals surface area contributed by atoms with Crippen molar-refractivity contribution in [3.05, 3.63) is 245 Å². The molecular weight excluding hydrogens is 1080 g/mol. The van der Waals surface area contributed by atoms with Gasteiger partial charge in [0.1, 0.15) is 0 Å². The quantitative estimate of drug-likeness (QED) is 0.142. The van der Waals surface area contributed by atoms with Crippen molar-refractivity contribution >= 4 is 60.3 Å². The van der Waals surface area contributed by atoms with E-state index in [9.17, 15) is 5.48 Å². The first-order valence-corrected chi connectivity index (χ1v) is 24.5. The van der Waals surface area contributed by atoms with Gasteiger partial charge in [0.25, 0.3) is 0 Å². The van der Waals surface area contributed by atoms with Gasteiger partial charge < -0.3 is 0 Å². The molecular formula is C65H44N6OPt-2. The zero-order valence-corrected chi connectivity index (χ0v) is 41.6. The van der Waals surface area contributed by atoms with Crippen LogP contribution < -0.4 is 4.74 Å². The number of hydrogen-bond acceptors (Lipinski definition) is 2. The summed E-state index contributed by atoms with van der Waals surface area (Å²) in [4.78, 5) is 8.71. The molecule has 73 heavy (non-hydrogen) atoms. The van der Waals surface area contributed by atoms with Gasteiger partial charge in [-0.25, -0.2) is 0 Å². The molecule has 0 aliphatic heterocycles. The summed E-state index contributed by atoms with van der Waals surface area (Å²) < 4.78 is 106. The molecule has 0 bridgehead atoms. The number of benzene rings is 9. The summed E-state index contributed by atoms with van der Waals surface area (Å²) >= 11 is 2.13. The van der Waals surface area contributed by atoms with Gasteiger partial charge in [-0.1, -0.05) is 32.9 Å². The molecule has 0 amide bonds. The summed E-state index contributed by atoms with van der Waals surface area (Å²) in [6, 6.07) is 46.8. The predicted molar refractivity (Wildman–Crippen MR) is 292 cm³/mol. The minimum atomic E-state index is -0.607. The second-order valence-electron chi connectivity index (χ2n) is 18.6. The van der Waals surface area contributed by atoms with E-state index in [2.05, 4.69) is 73.8 Å². The van der Waals surface area contributed by atoms with E-state index >= 15 is 0 Å². The molecule has 0 saturated heterocycles. The first kappa shape index (κ1) is 34.5. The van der Waals surface area contributed by atoms with Crippen LogP contribution in [0.5, 0.6) is 11.5 Å². The molecule has 8 heteroatoms. The molecule has 352 valence electrons. The normalized spacial score (nSPS) is 13.8. The minimum absolute atomic E-state index is 0.0981. The van der Waals surface area contributed by atoms with E-state index in [1.807, 2.05) is 125 Å². The van der Waals surface area contributed by atoms with Gasteiger partial charge in [0.05, 0.1) is 0 Å². The van der Waals surface area contributed by atoms with Gasteiger partial charge >= 0.3 is 393 Å². The number of imidazole rings is 1. The van der Waals surface area contributed by atoms with E-state index in [1.165, 1.54) is 0 Å². The van der Waals surface area contributed by atoms with Crippen LogP contribution in [-0.4, -0.2) is 23.3 Å². The maximum atomic E-state index is 9.56. The summed E-state index contributed by atoms with van der Waals surface area (Å²) in [5.41, 5.74) is 6.17. The third-order valence-electron chi connectivity index (χ3n) is 13.2. The van der Waals surface area contributed by atoms with E-state index in [0.29, 0.717) is 37.8 Å². The van der Waals surface area contributed by atoms with Crippen LogP contribution in [0.25, 0.3) is 105 Å². The van der Waals surface area contributed by atoms with Crippen molar-refractivity contribution in [1.29, 1.82) is 0 Å². The third kappa shape index (κ3) is 7.45. The molecule has 13 rings (SSSR count). The Morgan fingerprint density at radius 3 is 1.70 bits per heavy atom. The molecule has 9 aromatic carbocycles. The number of ether oxygens (including phenoxy) is 1. The number of hydrogen-bond donors (Lipinski definition) is 0. The van der Waals surface area contributed by atoms with Crippen molar-refractivity contribution in [3.63, 3.8) is 0 Å². The van der Waals surface area contributed by atoms with Gasteiger partial charge in [-0.2, -0.15) is 0 Å². The van der Waals surface area contributed by atoms with Crippen LogP contribution in [0.3, 0.4) is 0 Å². The van der Waals surface area contributed by atoms with Crippen LogP contribution in [0, 0.1) is 22.5 Å². The second kappa shape index (κ2) is 17.5. The van der Waals surface area contributed by atoms with E-state index in [1.54, 1.807) is 28.8 Å². The monoisotopic (exact) mass is 1130 g/mol. The number of aromatic nitrogens is 5. The van der Waals surface area contributed by atoms with Crippen LogP contribution in [0.4, 0.5) is 5.69 Å². The topological polar surface area (TPSA) is 46.2 Å². The van der Waals surface area contributed by atoms with Crippen molar-refractivity contribution in [2.75, 3.05) is 0 Å². The van der Waals surface area contributed by atoms with Crippen LogP contribution in [0.15, 0.2) is 212 Å². The van der Waals surface area contributed by atoms with Gasteiger partial charge in [0.2, 0.25) is 0 Å². The molecule has 0 aliphatic rings. The molecule has 7 nitrogen and oxygen atoms in total. The molecule has 0 aliphatic carbocycles. The van der Waals surface area contributed by atoms with Crippen LogP contribution in [-0.2, 0) is 24.8 Å². The number of fused-ring (bicyclic) bond motifs is 7. The van der Waals surface area contributed by atoms with Gasteiger partial charge in [-0.3, -0.25) is 0 Å². The fraction of sp³-hybridized carbons (Fsp3) is 0.0615. The van der Waals surface area contributed by atoms with Crippen LogP contribution in [0.1, 0.15) is 40.0 Å². The van der Waals surface area contributed by atoms with Gasteiger partial charge in [0.15, 0.2) is 0 Å². The SMILES string of the molecule is [2H]c1c([2H])c([2H])c(-c2cc(-n3c4ccccc4c4ccccc43)cc(-c3c([2H])c([2H])c([2H])c([2H])c3[2H])c2-n2[c](=[Pt])n(-c3[c-]c(Oc4[c-]c5c(cc4)c4ccccc4n5-c4cc(C(C)(C)C)ccn4)cc([N+]#[C-])c3)c3ccccc32)c([2H])c1[2H]. The molecule has 0 N–H and O–H groups in total. The average molecular weight is 1130 g/mol. The van der Waals surface area contributed by atoms with E-state index in [0.717, 1.165) is 49.2 Å². The fourth-order valence-corrected chi connectivity index (χ4v) is 11.0. The Morgan fingerprint density at radius 1 is 0.562 bits per heavy atom. The molecule has 13 aromatic rings. The molecule has 0 atom stereocenters. The van der Waals surface area contributed by atoms with Gasteiger partial charge in [0, 0.05) is 6.20 Å². The standard InChI is InChI=1S/C65H44N6O.Pt/c1-65(2,3)45-33-34-67-63(35-45)71-59-28-16-13-25-53(59)54-32-31-49(41-62(54)71)72-50-37-46(66-4)36-47(38-50)68-42-69(61-30-18-17-29-60(61)68)64-55(43-19-7-5-8-20-43)39-48(40-56(64)44-21-9-6-10-22-44)70-57-26-14-11-23-51(57)52-24-12-15-27-58(52)70;/h5-37,39-40H,1-3H3;/q-2;/i5D,6D,7D,8D,9D,10D,19D,20D,21D,22D;. The second-order valence-corrected chi connectivity index (χ2v) is 19.6. The molecule has 0 unspecified atom stereocenters. The van der Waals surface area contributed by atoms with Crippen molar-refractivity contribution < 1.29 is 37.8 Å². The number of pyridine rings is 1. The Bertz CT molecular complexity index is 4860. The number of rotatable bonds is 8. The van der Waals surface area contributed by atoms with Crippen LogP contribution >= 0.6 is 0 Å². The molecule has 4 heterocycles. The van der Waals surface area contributed by atoms with Crippen molar-refractivity contribution in [2.24, 2.45) is 0 Å². The molecule has 0 spiro atoms. The van der Waals surface area contributed by atoms with Crippen molar-refractivity contribution in [1.82, 2.24) is 23.3 Å². The fourth-order valence-electron chi connectivity index (χ4n) is 9.95. The summed E-state index contributed by atoms with van der Waals surface area (Å²) in [7, 11) is 0. The summed E-state index contributed by atoms with van der Waals surface area (Å²) in [6.07, 6.45) is 1.81. The summed E-state index contributed by atoms with van der Waals surface area (Å²) in [5, 5.41) is 3.73. The molecule has 0 radical (unpaired) electrons. The molecule has 0 fully saturated rings. The third-order valence-corrected chi connectivity index (χ3v) is 14.2. The van der Waals surface area contributed by atoms with E-state index in [4.69, 9.17) is 24.5 Å². The van der Waals surface area contributed by atoms with Gasteiger partial charge in [-0.15, -0.1) is 0 Å². The first-order chi connectivity index (χ1) is 39.9.